The first kappa shape index (κ1) is 12.4. The number of nitrogens with two attached hydrogens (primary N) is 1. The fourth-order valence-corrected chi connectivity index (χ4v) is 2.82. The second kappa shape index (κ2) is 5.05. The molecule has 92 valence electrons. The largest absolute Gasteiger partial charge is 0.399 e. The minimum atomic E-state index is 0.670. The molecule has 2 aromatic rings. The number of fused-ring (bicyclic) bond motifs is 1. The molecule has 1 aromatic carbocycles. The van der Waals surface area contributed by atoms with Gasteiger partial charge in [-0.2, -0.15) is 11.8 Å². The molecular formula is C14H20N2S. The zero-order chi connectivity index (χ0) is 12.4. The summed E-state index contributed by atoms with van der Waals surface area (Å²) in [7, 11) is 0. The highest BCUT2D eigenvalue weighted by Gasteiger charge is 2.08. The third kappa shape index (κ3) is 2.60. The van der Waals surface area contributed by atoms with Crippen LogP contribution in [0.1, 0.15) is 26.5 Å². The Hall–Kier alpha value is -1.09. The number of rotatable bonds is 4. The minimum Gasteiger partial charge on any atom is -0.399 e. The second-order valence-corrected chi connectivity index (χ2v) is 6.12. The fraction of sp³-hybridized carbons (Fsp3) is 0.429. The van der Waals surface area contributed by atoms with Crippen LogP contribution in [0.25, 0.3) is 10.9 Å². The summed E-state index contributed by atoms with van der Waals surface area (Å²) in [5, 5.41) is 1.96. The van der Waals surface area contributed by atoms with Gasteiger partial charge in [-0.1, -0.05) is 19.9 Å². The SMILES string of the molecule is CCn1c(CSC(C)C)cc2ccc(N)cc21. The maximum absolute atomic E-state index is 5.86. The first-order valence-electron chi connectivity index (χ1n) is 6.11. The van der Waals surface area contributed by atoms with Crippen LogP contribution in [0.2, 0.25) is 0 Å². The number of anilines is 1. The Labute approximate surface area is 107 Å². The van der Waals surface area contributed by atoms with Crippen molar-refractivity contribution in [1.29, 1.82) is 0 Å². The summed E-state index contributed by atoms with van der Waals surface area (Å²) in [6.45, 7) is 7.66. The number of nitrogen functional groups attached to an aromatic ring is 1. The van der Waals surface area contributed by atoms with Crippen molar-refractivity contribution in [1.82, 2.24) is 4.57 Å². The predicted octanol–water partition coefficient (Wildman–Crippen LogP) is 3.89. The van der Waals surface area contributed by atoms with E-state index in [1.807, 2.05) is 17.8 Å². The Morgan fingerprint density at radius 3 is 2.71 bits per heavy atom. The molecule has 0 atom stereocenters. The smallest absolute Gasteiger partial charge is 0.0503 e. The first-order chi connectivity index (χ1) is 8.11. The molecule has 0 amide bonds. The topological polar surface area (TPSA) is 30.9 Å². The molecule has 0 spiro atoms. The number of hydrogen-bond acceptors (Lipinski definition) is 2. The summed E-state index contributed by atoms with van der Waals surface area (Å²) in [5.74, 6) is 1.07. The van der Waals surface area contributed by atoms with Crippen LogP contribution in [0.4, 0.5) is 5.69 Å². The molecule has 0 aliphatic carbocycles. The van der Waals surface area contributed by atoms with Crippen molar-refractivity contribution in [3.8, 4) is 0 Å². The van der Waals surface area contributed by atoms with E-state index < -0.39 is 0 Å². The van der Waals surface area contributed by atoms with Crippen molar-refractivity contribution in [3.63, 3.8) is 0 Å². The highest BCUT2D eigenvalue weighted by atomic mass is 32.2. The van der Waals surface area contributed by atoms with Gasteiger partial charge in [0.05, 0.1) is 5.52 Å². The standard InChI is InChI=1S/C14H20N2S/c1-4-16-13(9-17-10(2)3)7-11-5-6-12(15)8-14(11)16/h5-8,10H,4,9,15H2,1-3H3. The van der Waals surface area contributed by atoms with Gasteiger partial charge in [0.2, 0.25) is 0 Å². The van der Waals surface area contributed by atoms with Crippen LogP contribution < -0.4 is 5.73 Å². The highest BCUT2D eigenvalue weighted by molar-refractivity contribution is 7.99. The number of benzene rings is 1. The maximum Gasteiger partial charge on any atom is 0.0503 e. The molecule has 2 rings (SSSR count). The van der Waals surface area contributed by atoms with Gasteiger partial charge in [-0.3, -0.25) is 0 Å². The van der Waals surface area contributed by atoms with Gasteiger partial charge >= 0.3 is 0 Å². The van der Waals surface area contributed by atoms with Crippen molar-refractivity contribution in [3.05, 3.63) is 30.0 Å². The molecule has 0 aliphatic heterocycles. The summed E-state index contributed by atoms with van der Waals surface area (Å²) in [6.07, 6.45) is 0. The number of aryl methyl sites for hydroxylation is 1. The third-order valence-corrected chi connectivity index (χ3v) is 4.02. The van der Waals surface area contributed by atoms with Crippen molar-refractivity contribution < 1.29 is 0 Å². The van der Waals surface area contributed by atoms with Gasteiger partial charge in [-0.15, -0.1) is 0 Å². The van der Waals surface area contributed by atoms with E-state index in [4.69, 9.17) is 5.73 Å². The lowest BCUT2D eigenvalue weighted by Crippen LogP contribution is -2.00. The first-order valence-corrected chi connectivity index (χ1v) is 7.16. The predicted molar refractivity (Wildman–Crippen MR) is 78.5 cm³/mol. The van der Waals surface area contributed by atoms with Crippen LogP contribution in [-0.4, -0.2) is 9.82 Å². The molecule has 1 heterocycles. The van der Waals surface area contributed by atoms with Crippen LogP contribution in [0.5, 0.6) is 0 Å². The van der Waals surface area contributed by atoms with E-state index in [1.165, 1.54) is 16.6 Å². The van der Waals surface area contributed by atoms with Gasteiger partial charge in [0.1, 0.15) is 0 Å². The van der Waals surface area contributed by atoms with Gasteiger partial charge in [0, 0.05) is 29.1 Å². The van der Waals surface area contributed by atoms with Gasteiger partial charge in [0.25, 0.3) is 0 Å². The molecule has 2 nitrogen and oxygen atoms in total. The lowest BCUT2D eigenvalue weighted by molar-refractivity contribution is 0.765. The number of aromatic nitrogens is 1. The van der Waals surface area contributed by atoms with E-state index in [1.54, 1.807) is 0 Å². The Morgan fingerprint density at radius 1 is 1.29 bits per heavy atom. The Bertz CT molecular complexity index is 514. The van der Waals surface area contributed by atoms with Crippen LogP contribution in [0, 0.1) is 0 Å². The van der Waals surface area contributed by atoms with Gasteiger partial charge < -0.3 is 10.3 Å². The molecule has 0 fully saturated rings. The lowest BCUT2D eigenvalue weighted by atomic mass is 10.2. The summed E-state index contributed by atoms with van der Waals surface area (Å²) < 4.78 is 2.36. The average molecular weight is 248 g/mol. The second-order valence-electron chi connectivity index (χ2n) is 4.56. The van der Waals surface area contributed by atoms with E-state index in [9.17, 15) is 0 Å². The molecule has 3 heteroatoms. The van der Waals surface area contributed by atoms with Crippen LogP contribution in [0.15, 0.2) is 24.3 Å². The van der Waals surface area contributed by atoms with Gasteiger partial charge in [-0.05, 0) is 30.4 Å². The quantitative estimate of drug-likeness (QED) is 0.832. The summed E-state index contributed by atoms with van der Waals surface area (Å²) in [4.78, 5) is 0. The molecule has 0 radical (unpaired) electrons. The molecule has 0 bridgehead atoms. The number of nitrogens with zero attached hydrogens (tertiary/aromatic N) is 1. The van der Waals surface area contributed by atoms with Crippen LogP contribution in [0.3, 0.4) is 0 Å². The van der Waals surface area contributed by atoms with Crippen molar-refractivity contribution >= 4 is 28.4 Å². The third-order valence-electron chi connectivity index (χ3n) is 2.89. The van der Waals surface area contributed by atoms with Crippen molar-refractivity contribution in [2.24, 2.45) is 0 Å². The van der Waals surface area contributed by atoms with Crippen LogP contribution in [-0.2, 0) is 12.3 Å². The van der Waals surface area contributed by atoms with Gasteiger partial charge in [0.15, 0.2) is 0 Å². The monoisotopic (exact) mass is 248 g/mol. The van der Waals surface area contributed by atoms with E-state index in [0.717, 1.165) is 18.0 Å². The van der Waals surface area contributed by atoms with Crippen molar-refractivity contribution in [2.45, 2.75) is 38.3 Å². The Balaban J connectivity index is 2.41. The maximum atomic E-state index is 5.86. The van der Waals surface area contributed by atoms with Gasteiger partial charge in [-0.25, -0.2) is 0 Å². The molecule has 0 saturated heterocycles. The zero-order valence-corrected chi connectivity index (χ0v) is 11.6. The number of hydrogen-bond donors (Lipinski definition) is 1. The Morgan fingerprint density at radius 2 is 2.06 bits per heavy atom. The Kier molecular flexibility index (Phi) is 3.67. The van der Waals surface area contributed by atoms with Crippen molar-refractivity contribution in [2.75, 3.05) is 5.73 Å². The molecule has 2 N–H and O–H groups in total. The zero-order valence-electron chi connectivity index (χ0n) is 10.7. The highest BCUT2D eigenvalue weighted by Crippen LogP contribution is 2.26. The fourth-order valence-electron chi connectivity index (χ4n) is 2.07. The molecule has 0 saturated carbocycles. The minimum absolute atomic E-state index is 0.670. The molecule has 0 aliphatic rings. The summed E-state index contributed by atoms with van der Waals surface area (Å²) in [6, 6.07) is 8.44. The molecular weight excluding hydrogens is 228 g/mol. The van der Waals surface area contributed by atoms with E-state index in [0.29, 0.717) is 5.25 Å². The molecule has 1 aromatic heterocycles. The van der Waals surface area contributed by atoms with E-state index >= 15 is 0 Å². The molecule has 0 unspecified atom stereocenters. The summed E-state index contributed by atoms with van der Waals surface area (Å²) >= 11 is 1.98. The van der Waals surface area contributed by atoms with Crippen LogP contribution >= 0.6 is 11.8 Å². The lowest BCUT2D eigenvalue weighted by Gasteiger charge is -2.09. The normalized spacial score (nSPS) is 11.5. The van der Waals surface area contributed by atoms with E-state index in [2.05, 4.69) is 43.5 Å². The number of thioether (sulfide) groups is 1. The molecule has 17 heavy (non-hydrogen) atoms. The average Bonchev–Trinajstić information content (AvgIpc) is 2.63. The van der Waals surface area contributed by atoms with E-state index in [-0.39, 0.29) is 0 Å². The summed E-state index contributed by atoms with van der Waals surface area (Å²) in [5.41, 5.74) is 9.35.